The van der Waals surface area contributed by atoms with Crippen molar-refractivity contribution in [1.82, 2.24) is 4.98 Å². The largest absolute Gasteiger partial charge is 0.298 e. The van der Waals surface area contributed by atoms with Gasteiger partial charge in [0, 0.05) is 11.1 Å². The number of carbonyl (C=O) groups is 1. The van der Waals surface area contributed by atoms with E-state index in [1.165, 1.54) is 0 Å². The van der Waals surface area contributed by atoms with Crippen LogP contribution in [0.3, 0.4) is 0 Å². The molecule has 0 radical (unpaired) electrons. The van der Waals surface area contributed by atoms with Crippen molar-refractivity contribution >= 4 is 6.29 Å². The van der Waals surface area contributed by atoms with Gasteiger partial charge in [0.05, 0.1) is 5.69 Å². The first-order valence-corrected chi connectivity index (χ1v) is 4.76. The van der Waals surface area contributed by atoms with Gasteiger partial charge >= 0.3 is 0 Å². The van der Waals surface area contributed by atoms with Crippen molar-refractivity contribution in [2.24, 2.45) is 0 Å². The molecule has 0 aliphatic rings. The Morgan fingerprint density at radius 2 is 2.00 bits per heavy atom. The van der Waals surface area contributed by atoms with Crippen LogP contribution in [0.1, 0.15) is 16.1 Å². The first kappa shape index (κ1) is 10.1. The standard InChI is InChI=1S/C13H8N2O/c14-8-12-5-2-6-13(15-12)11-4-1-3-10(7-11)9-16/h1-7,9H. The molecule has 1 aromatic heterocycles. The molecule has 76 valence electrons. The predicted molar refractivity (Wildman–Crippen MR) is 59.8 cm³/mol. The van der Waals surface area contributed by atoms with Gasteiger partial charge in [0.25, 0.3) is 0 Å². The van der Waals surface area contributed by atoms with Gasteiger partial charge in [0.1, 0.15) is 18.0 Å². The molecule has 0 unspecified atom stereocenters. The van der Waals surface area contributed by atoms with E-state index in [1.54, 1.807) is 30.3 Å². The molecule has 3 nitrogen and oxygen atoms in total. The molecular formula is C13H8N2O. The van der Waals surface area contributed by atoms with Crippen LogP contribution in [-0.4, -0.2) is 11.3 Å². The average Bonchev–Trinajstić information content (AvgIpc) is 2.39. The van der Waals surface area contributed by atoms with Gasteiger partial charge in [-0.05, 0) is 18.2 Å². The van der Waals surface area contributed by atoms with Gasteiger partial charge in [0.2, 0.25) is 0 Å². The van der Waals surface area contributed by atoms with E-state index in [0.717, 1.165) is 11.8 Å². The van der Waals surface area contributed by atoms with Gasteiger partial charge in [-0.2, -0.15) is 5.26 Å². The molecule has 0 saturated heterocycles. The molecule has 0 spiro atoms. The smallest absolute Gasteiger partial charge is 0.150 e. The molecule has 0 atom stereocenters. The number of aromatic nitrogens is 1. The Bertz CT molecular complexity index is 570. The molecule has 3 heteroatoms. The Labute approximate surface area is 93.0 Å². The number of aldehydes is 1. The number of hydrogen-bond acceptors (Lipinski definition) is 3. The maximum atomic E-state index is 10.6. The summed E-state index contributed by atoms with van der Waals surface area (Å²) >= 11 is 0. The number of benzene rings is 1. The number of nitrogens with zero attached hydrogens (tertiary/aromatic N) is 2. The van der Waals surface area contributed by atoms with E-state index in [0.29, 0.717) is 17.0 Å². The molecule has 0 N–H and O–H groups in total. The lowest BCUT2D eigenvalue weighted by Gasteiger charge is -2.01. The molecule has 0 fully saturated rings. The molecule has 2 aromatic rings. The van der Waals surface area contributed by atoms with E-state index in [1.807, 2.05) is 18.2 Å². The van der Waals surface area contributed by atoms with Crippen LogP contribution in [0.25, 0.3) is 11.3 Å². The van der Waals surface area contributed by atoms with E-state index in [9.17, 15) is 4.79 Å². The molecule has 2 rings (SSSR count). The van der Waals surface area contributed by atoms with Crippen LogP contribution in [0.5, 0.6) is 0 Å². The van der Waals surface area contributed by atoms with E-state index >= 15 is 0 Å². The van der Waals surface area contributed by atoms with Gasteiger partial charge < -0.3 is 0 Å². The minimum absolute atomic E-state index is 0.369. The van der Waals surface area contributed by atoms with Crippen LogP contribution in [0.4, 0.5) is 0 Å². The summed E-state index contributed by atoms with van der Waals surface area (Å²) in [6.45, 7) is 0. The average molecular weight is 208 g/mol. The van der Waals surface area contributed by atoms with Gasteiger partial charge in [-0.1, -0.05) is 24.3 Å². The third-order valence-corrected chi connectivity index (χ3v) is 2.18. The minimum atomic E-state index is 0.369. The summed E-state index contributed by atoms with van der Waals surface area (Å²) in [6.07, 6.45) is 0.789. The third kappa shape index (κ3) is 1.96. The van der Waals surface area contributed by atoms with E-state index in [-0.39, 0.29) is 0 Å². The van der Waals surface area contributed by atoms with Crippen molar-refractivity contribution in [2.45, 2.75) is 0 Å². The van der Waals surface area contributed by atoms with Crippen LogP contribution in [0.2, 0.25) is 0 Å². The van der Waals surface area contributed by atoms with Crippen molar-refractivity contribution in [3.8, 4) is 17.3 Å². The highest BCUT2D eigenvalue weighted by Gasteiger charge is 2.01. The minimum Gasteiger partial charge on any atom is -0.298 e. The SMILES string of the molecule is N#Cc1cccc(-c2cccc(C=O)c2)n1. The zero-order chi connectivity index (χ0) is 11.4. The third-order valence-electron chi connectivity index (χ3n) is 2.18. The summed E-state index contributed by atoms with van der Waals surface area (Å²) in [4.78, 5) is 14.8. The Kier molecular flexibility index (Phi) is 2.75. The maximum Gasteiger partial charge on any atom is 0.150 e. The topological polar surface area (TPSA) is 53.8 Å². The fourth-order valence-corrected chi connectivity index (χ4v) is 1.43. The van der Waals surface area contributed by atoms with E-state index in [2.05, 4.69) is 4.98 Å². The van der Waals surface area contributed by atoms with Crippen LogP contribution in [0.15, 0.2) is 42.5 Å². The van der Waals surface area contributed by atoms with Crippen molar-refractivity contribution < 1.29 is 4.79 Å². The van der Waals surface area contributed by atoms with Gasteiger partial charge in [0.15, 0.2) is 0 Å². The van der Waals surface area contributed by atoms with Gasteiger partial charge in [-0.25, -0.2) is 4.98 Å². The lowest BCUT2D eigenvalue weighted by molar-refractivity contribution is 0.112. The quantitative estimate of drug-likeness (QED) is 0.712. The van der Waals surface area contributed by atoms with Crippen LogP contribution in [0, 0.1) is 11.3 Å². The fraction of sp³-hybridized carbons (Fsp3) is 0. The number of hydrogen-bond donors (Lipinski definition) is 0. The summed E-state index contributed by atoms with van der Waals surface area (Å²) in [5.74, 6) is 0. The maximum absolute atomic E-state index is 10.6. The lowest BCUT2D eigenvalue weighted by atomic mass is 10.1. The predicted octanol–water partition coefficient (Wildman–Crippen LogP) is 2.43. The first-order chi connectivity index (χ1) is 7.83. The van der Waals surface area contributed by atoms with Crippen molar-refractivity contribution in [3.05, 3.63) is 53.7 Å². The molecule has 16 heavy (non-hydrogen) atoms. The summed E-state index contributed by atoms with van der Waals surface area (Å²) in [7, 11) is 0. The van der Waals surface area contributed by atoms with Gasteiger partial charge in [-0.3, -0.25) is 4.79 Å². The molecule has 1 aromatic carbocycles. The van der Waals surface area contributed by atoms with Crippen molar-refractivity contribution in [3.63, 3.8) is 0 Å². The normalized spacial score (nSPS) is 9.44. The summed E-state index contributed by atoms with van der Waals surface area (Å²) in [6, 6.07) is 14.3. The Hall–Kier alpha value is -2.47. The zero-order valence-electron chi connectivity index (χ0n) is 8.42. The second-order valence-corrected chi connectivity index (χ2v) is 3.26. The zero-order valence-corrected chi connectivity index (χ0v) is 8.42. The number of carbonyl (C=O) groups excluding carboxylic acids is 1. The number of pyridine rings is 1. The molecule has 0 aliphatic carbocycles. The fourth-order valence-electron chi connectivity index (χ4n) is 1.43. The van der Waals surface area contributed by atoms with Crippen molar-refractivity contribution in [1.29, 1.82) is 5.26 Å². The van der Waals surface area contributed by atoms with Crippen LogP contribution < -0.4 is 0 Å². The van der Waals surface area contributed by atoms with Crippen LogP contribution in [-0.2, 0) is 0 Å². The lowest BCUT2D eigenvalue weighted by Crippen LogP contribution is -1.88. The highest BCUT2D eigenvalue weighted by Crippen LogP contribution is 2.17. The number of nitriles is 1. The van der Waals surface area contributed by atoms with E-state index in [4.69, 9.17) is 5.26 Å². The molecular weight excluding hydrogens is 200 g/mol. The highest BCUT2D eigenvalue weighted by molar-refractivity contribution is 5.78. The van der Waals surface area contributed by atoms with Crippen molar-refractivity contribution in [2.75, 3.05) is 0 Å². The van der Waals surface area contributed by atoms with Gasteiger partial charge in [-0.15, -0.1) is 0 Å². The van der Waals surface area contributed by atoms with Crippen LogP contribution >= 0.6 is 0 Å². The summed E-state index contributed by atoms with van der Waals surface area (Å²) in [5.41, 5.74) is 2.50. The molecule has 0 amide bonds. The molecule has 1 heterocycles. The molecule has 0 bridgehead atoms. The highest BCUT2D eigenvalue weighted by atomic mass is 16.1. The first-order valence-electron chi connectivity index (χ1n) is 4.76. The Morgan fingerprint density at radius 1 is 1.19 bits per heavy atom. The molecule has 0 saturated carbocycles. The molecule has 0 aliphatic heterocycles. The summed E-state index contributed by atoms with van der Waals surface area (Å²) in [5, 5.41) is 8.74. The number of rotatable bonds is 2. The van der Waals surface area contributed by atoms with E-state index < -0.39 is 0 Å². The Morgan fingerprint density at radius 3 is 2.75 bits per heavy atom. The Balaban J connectivity index is 2.50. The second-order valence-electron chi connectivity index (χ2n) is 3.26. The monoisotopic (exact) mass is 208 g/mol. The summed E-state index contributed by atoms with van der Waals surface area (Å²) < 4.78 is 0. The second kappa shape index (κ2) is 4.37.